The highest BCUT2D eigenvalue weighted by Gasteiger charge is 2.39. The molecule has 0 spiro atoms. The SMILES string of the molecule is NC(CNCC(F)(F)C(F)F)=NO. The van der Waals surface area contributed by atoms with E-state index in [0.717, 1.165) is 0 Å². The van der Waals surface area contributed by atoms with Gasteiger partial charge in [-0.25, -0.2) is 8.78 Å². The van der Waals surface area contributed by atoms with Crippen molar-refractivity contribution in [1.82, 2.24) is 5.32 Å². The van der Waals surface area contributed by atoms with E-state index in [-0.39, 0.29) is 12.4 Å². The maximum Gasteiger partial charge on any atom is 0.319 e. The lowest BCUT2D eigenvalue weighted by atomic mass is 10.3. The molecular weight excluding hydrogens is 194 g/mol. The molecule has 4 nitrogen and oxygen atoms in total. The molecule has 0 aromatic heterocycles. The quantitative estimate of drug-likeness (QED) is 0.197. The predicted molar refractivity (Wildman–Crippen MR) is 37.2 cm³/mol. The van der Waals surface area contributed by atoms with E-state index in [1.54, 1.807) is 0 Å². The van der Waals surface area contributed by atoms with E-state index in [0.29, 0.717) is 0 Å². The summed E-state index contributed by atoms with van der Waals surface area (Å²) in [6, 6.07) is 0. The van der Waals surface area contributed by atoms with Crippen LogP contribution >= 0.6 is 0 Å². The number of amidine groups is 1. The Kier molecular flexibility index (Phi) is 4.46. The van der Waals surface area contributed by atoms with Gasteiger partial charge in [-0.1, -0.05) is 5.16 Å². The molecule has 0 radical (unpaired) electrons. The van der Waals surface area contributed by atoms with Crippen molar-refractivity contribution in [2.45, 2.75) is 12.3 Å². The van der Waals surface area contributed by atoms with E-state index in [1.165, 1.54) is 0 Å². The van der Waals surface area contributed by atoms with Gasteiger partial charge in [-0.3, -0.25) is 0 Å². The molecule has 0 saturated heterocycles. The standard InChI is InChI=1S/C5H9F4N3O/c6-4(7)5(8,9)2-11-1-3(10)12-13/h4,11,13H,1-2H2,(H2,10,12). The van der Waals surface area contributed by atoms with Gasteiger partial charge in [0.25, 0.3) is 0 Å². The maximum absolute atomic E-state index is 12.1. The molecule has 0 bridgehead atoms. The van der Waals surface area contributed by atoms with Crippen molar-refractivity contribution in [1.29, 1.82) is 0 Å². The number of alkyl halides is 4. The number of nitrogens with one attached hydrogen (secondary N) is 1. The van der Waals surface area contributed by atoms with Gasteiger partial charge in [0.2, 0.25) is 0 Å². The summed E-state index contributed by atoms with van der Waals surface area (Å²) >= 11 is 0. The summed E-state index contributed by atoms with van der Waals surface area (Å²) in [5.41, 5.74) is 4.88. The number of hydrogen-bond acceptors (Lipinski definition) is 3. The van der Waals surface area contributed by atoms with Gasteiger partial charge in [0.05, 0.1) is 13.1 Å². The van der Waals surface area contributed by atoms with Crippen LogP contribution < -0.4 is 11.1 Å². The minimum Gasteiger partial charge on any atom is -0.409 e. The number of hydrogen-bond donors (Lipinski definition) is 3. The molecule has 0 aliphatic carbocycles. The van der Waals surface area contributed by atoms with Crippen LogP contribution in [0, 0.1) is 0 Å². The van der Waals surface area contributed by atoms with Gasteiger partial charge < -0.3 is 16.3 Å². The Hall–Kier alpha value is -1.05. The molecule has 13 heavy (non-hydrogen) atoms. The van der Waals surface area contributed by atoms with Crippen LogP contribution in [0.4, 0.5) is 17.6 Å². The van der Waals surface area contributed by atoms with Crippen molar-refractivity contribution in [2.24, 2.45) is 10.9 Å². The molecule has 4 N–H and O–H groups in total. The van der Waals surface area contributed by atoms with Crippen LogP contribution in [0.25, 0.3) is 0 Å². The van der Waals surface area contributed by atoms with Crippen molar-refractivity contribution in [3.05, 3.63) is 0 Å². The second kappa shape index (κ2) is 4.85. The van der Waals surface area contributed by atoms with E-state index >= 15 is 0 Å². The van der Waals surface area contributed by atoms with E-state index in [4.69, 9.17) is 10.9 Å². The average Bonchev–Trinajstić information content (AvgIpc) is 2.03. The van der Waals surface area contributed by atoms with Gasteiger partial charge in [0.15, 0.2) is 5.84 Å². The smallest absolute Gasteiger partial charge is 0.319 e. The minimum absolute atomic E-state index is 0.356. The van der Waals surface area contributed by atoms with Gasteiger partial charge in [-0.15, -0.1) is 0 Å². The van der Waals surface area contributed by atoms with E-state index in [9.17, 15) is 17.6 Å². The van der Waals surface area contributed by atoms with Crippen molar-refractivity contribution in [2.75, 3.05) is 13.1 Å². The van der Waals surface area contributed by atoms with E-state index in [2.05, 4.69) is 5.16 Å². The van der Waals surface area contributed by atoms with Gasteiger partial charge >= 0.3 is 12.3 Å². The Bertz CT molecular complexity index is 185. The number of nitrogens with two attached hydrogens (primary N) is 1. The number of halogens is 4. The molecule has 0 fully saturated rings. The summed E-state index contributed by atoms with van der Waals surface area (Å²) in [6.45, 7) is -1.60. The van der Waals surface area contributed by atoms with Crippen LogP contribution in [-0.4, -0.2) is 36.5 Å². The van der Waals surface area contributed by atoms with Crippen molar-refractivity contribution in [3.63, 3.8) is 0 Å². The first-order valence-corrected chi connectivity index (χ1v) is 3.23. The Morgan fingerprint density at radius 3 is 2.46 bits per heavy atom. The molecule has 0 saturated carbocycles. The first-order chi connectivity index (χ1) is 5.90. The first-order valence-electron chi connectivity index (χ1n) is 3.23. The second-order valence-electron chi connectivity index (χ2n) is 2.26. The molecule has 78 valence electrons. The number of rotatable bonds is 5. The molecule has 0 atom stereocenters. The summed E-state index contributed by atoms with van der Waals surface area (Å²) in [5, 5.41) is 12.3. The van der Waals surface area contributed by atoms with Crippen LogP contribution in [0.15, 0.2) is 5.16 Å². The lowest BCUT2D eigenvalue weighted by Gasteiger charge is -2.15. The third-order valence-electron chi connectivity index (χ3n) is 1.11. The topological polar surface area (TPSA) is 70.6 Å². The lowest BCUT2D eigenvalue weighted by molar-refractivity contribution is -0.124. The highest BCUT2D eigenvalue weighted by molar-refractivity contribution is 5.81. The molecule has 0 amide bonds. The first kappa shape index (κ1) is 11.9. The Balaban J connectivity index is 3.76. The van der Waals surface area contributed by atoms with Crippen LogP contribution in [0.3, 0.4) is 0 Å². The predicted octanol–water partition coefficient (Wildman–Crippen LogP) is 0.223. The zero-order chi connectivity index (χ0) is 10.5. The van der Waals surface area contributed by atoms with Crippen molar-refractivity contribution >= 4 is 5.84 Å². The van der Waals surface area contributed by atoms with Crippen LogP contribution in [0.5, 0.6) is 0 Å². The fourth-order valence-electron chi connectivity index (χ4n) is 0.470. The Morgan fingerprint density at radius 1 is 1.54 bits per heavy atom. The summed E-state index contributed by atoms with van der Waals surface area (Å²) in [6.07, 6.45) is -3.73. The van der Waals surface area contributed by atoms with Crippen molar-refractivity contribution < 1.29 is 22.8 Å². The van der Waals surface area contributed by atoms with Crippen molar-refractivity contribution in [3.8, 4) is 0 Å². The summed E-state index contributed by atoms with van der Waals surface area (Å²) in [7, 11) is 0. The van der Waals surface area contributed by atoms with Crippen LogP contribution in [0.2, 0.25) is 0 Å². The van der Waals surface area contributed by atoms with E-state index < -0.39 is 18.9 Å². The third-order valence-corrected chi connectivity index (χ3v) is 1.11. The molecule has 0 rings (SSSR count). The minimum atomic E-state index is -4.10. The molecular formula is C5H9F4N3O. The fourth-order valence-corrected chi connectivity index (χ4v) is 0.470. The number of nitrogens with zero attached hydrogens (tertiary/aromatic N) is 1. The molecule has 0 heterocycles. The summed E-state index contributed by atoms with van der Waals surface area (Å²) in [5.74, 6) is -4.46. The van der Waals surface area contributed by atoms with Gasteiger partial charge in [0, 0.05) is 0 Å². The van der Waals surface area contributed by atoms with Gasteiger partial charge in [-0.05, 0) is 0 Å². The molecule has 0 aliphatic rings. The normalized spacial score (nSPS) is 13.8. The van der Waals surface area contributed by atoms with Crippen LogP contribution in [-0.2, 0) is 0 Å². The lowest BCUT2D eigenvalue weighted by Crippen LogP contribution is -2.41. The van der Waals surface area contributed by atoms with Gasteiger partial charge in [-0.2, -0.15) is 8.78 Å². The average molecular weight is 203 g/mol. The zero-order valence-corrected chi connectivity index (χ0v) is 6.48. The van der Waals surface area contributed by atoms with Crippen LogP contribution in [0.1, 0.15) is 0 Å². The summed E-state index contributed by atoms with van der Waals surface area (Å²) in [4.78, 5) is 0. The fraction of sp³-hybridized carbons (Fsp3) is 0.800. The molecule has 0 aromatic rings. The maximum atomic E-state index is 12.1. The molecule has 0 aromatic carbocycles. The monoisotopic (exact) mass is 203 g/mol. The molecule has 8 heteroatoms. The Morgan fingerprint density at radius 2 is 2.08 bits per heavy atom. The van der Waals surface area contributed by atoms with E-state index in [1.807, 2.05) is 5.32 Å². The highest BCUT2D eigenvalue weighted by atomic mass is 19.3. The zero-order valence-electron chi connectivity index (χ0n) is 6.48. The second-order valence-corrected chi connectivity index (χ2v) is 2.26. The largest absolute Gasteiger partial charge is 0.409 e. The molecule has 0 aliphatic heterocycles. The summed E-state index contributed by atoms with van der Waals surface area (Å²) < 4.78 is 47.3. The van der Waals surface area contributed by atoms with Gasteiger partial charge in [0.1, 0.15) is 0 Å². The molecule has 0 unspecified atom stereocenters. The highest BCUT2D eigenvalue weighted by Crippen LogP contribution is 2.21. The number of oxime groups is 1. The Labute approximate surface area is 71.4 Å². The third kappa shape index (κ3) is 4.51.